The number of aromatic carboxylic acids is 1. The number of carbonyl (C=O) groups is 2. The molecule has 0 aliphatic carbocycles. The SMILES string of the molecule is Cc1nn(C)cc1C(=O)N1Cc2ccc(C(=O)O)cc2C1. The zero-order chi connectivity index (χ0) is 15.1. The molecule has 0 saturated carbocycles. The van der Waals surface area contributed by atoms with Gasteiger partial charge in [-0.1, -0.05) is 6.07 Å². The van der Waals surface area contributed by atoms with Crippen molar-refractivity contribution in [2.24, 2.45) is 7.05 Å². The van der Waals surface area contributed by atoms with Gasteiger partial charge in [0.2, 0.25) is 0 Å². The lowest BCUT2D eigenvalue weighted by Crippen LogP contribution is -2.25. The number of amides is 1. The van der Waals surface area contributed by atoms with E-state index >= 15 is 0 Å². The number of fused-ring (bicyclic) bond motifs is 1. The first kappa shape index (κ1) is 13.4. The summed E-state index contributed by atoms with van der Waals surface area (Å²) in [4.78, 5) is 25.2. The van der Waals surface area contributed by atoms with Gasteiger partial charge in [-0.25, -0.2) is 4.79 Å². The summed E-state index contributed by atoms with van der Waals surface area (Å²) in [5.74, 6) is -1.03. The van der Waals surface area contributed by atoms with E-state index in [1.54, 1.807) is 47.9 Å². The highest BCUT2D eigenvalue weighted by molar-refractivity contribution is 5.95. The molecule has 1 aromatic heterocycles. The highest BCUT2D eigenvalue weighted by Gasteiger charge is 2.26. The molecule has 6 nitrogen and oxygen atoms in total. The molecule has 0 bridgehead atoms. The first-order chi connectivity index (χ1) is 9.95. The van der Waals surface area contributed by atoms with Crippen LogP contribution in [0, 0.1) is 6.92 Å². The van der Waals surface area contributed by atoms with Crippen molar-refractivity contribution in [3.63, 3.8) is 0 Å². The predicted octanol–water partition coefficient (Wildman–Crippen LogP) is 1.58. The van der Waals surface area contributed by atoms with Gasteiger partial charge in [-0.05, 0) is 30.2 Å². The van der Waals surface area contributed by atoms with E-state index < -0.39 is 5.97 Å². The average Bonchev–Trinajstić information content (AvgIpc) is 2.99. The average molecular weight is 285 g/mol. The predicted molar refractivity (Wildman–Crippen MR) is 74.9 cm³/mol. The van der Waals surface area contributed by atoms with Crippen LogP contribution in [0.1, 0.15) is 37.5 Å². The molecule has 1 aliphatic rings. The number of aryl methyl sites for hydroxylation is 2. The van der Waals surface area contributed by atoms with Crippen molar-refractivity contribution in [2.75, 3.05) is 0 Å². The van der Waals surface area contributed by atoms with Crippen LogP contribution < -0.4 is 0 Å². The number of benzene rings is 1. The number of carbonyl (C=O) groups excluding carboxylic acids is 1. The van der Waals surface area contributed by atoms with Crippen LogP contribution in [0.5, 0.6) is 0 Å². The highest BCUT2D eigenvalue weighted by Crippen LogP contribution is 2.26. The fourth-order valence-corrected chi connectivity index (χ4v) is 2.65. The number of nitrogens with zero attached hydrogens (tertiary/aromatic N) is 3. The summed E-state index contributed by atoms with van der Waals surface area (Å²) >= 11 is 0. The fourth-order valence-electron chi connectivity index (χ4n) is 2.65. The van der Waals surface area contributed by atoms with Gasteiger partial charge in [0.25, 0.3) is 5.91 Å². The van der Waals surface area contributed by atoms with E-state index in [-0.39, 0.29) is 11.5 Å². The molecule has 6 heteroatoms. The standard InChI is InChI=1S/C15H15N3O3/c1-9-13(8-17(2)16-9)14(19)18-6-11-4-3-10(15(20)21)5-12(11)7-18/h3-5,8H,6-7H2,1-2H3,(H,20,21). The molecule has 0 spiro atoms. The monoisotopic (exact) mass is 285 g/mol. The maximum absolute atomic E-state index is 12.5. The second-order valence-electron chi connectivity index (χ2n) is 5.25. The largest absolute Gasteiger partial charge is 0.478 e. The quantitative estimate of drug-likeness (QED) is 0.909. The Morgan fingerprint density at radius 1 is 1.24 bits per heavy atom. The number of carboxylic acids is 1. The van der Waals surface area contributed by atoms with Crippen molar-refractivity contribution in [1.29, 1.82) is 0 Å². The molecular weight excluding hydrogens is 270 g/mol. The van der Waals surface area contributed by atoms with E-state index in [1.807, 2.05) is 0 Å². The van der Waals surface area contributed by atoms with Crippen LogP contribution >= 0.6 is 0 Å². The molecule has 21 heavy (non-hydrogen) atoms. The van der Waals surface area contributed by atoms with Gasteiger partial charge in [-0.15, -0.1) is 0 Å². The minimum atomic E-state index is -0.953. The summed E-state index contributed by atoms with van der Waals surface area (Å²) < 4.78 is 1.62. The minimum Gasteiger partial charge on any atom is -0.478 e. The number of carboxylic acid groups (broad SMARTS) is 1. The Morgan fingerprint density at radius 3 is 2.57 bits per heavy atom. The Labute approximate surface area is 121 Å². The Morgan fingerprint density at radius 2 is 1.95 bits per heavy atom. The molecule has 1 aromatic carbocycles. The van der Waals surface area contributed by atoms with Crippen molar-refractivity contribution in [3.8, 4) is 0 Å². The molecule has 1 N–H and O–H groups in total. The van der Waals surface area contributed by atoms with Crippen LogP contribution in [0.3, 0.4) is 0 Å². The molecule has 0 atom stereocenters. The van der Waals surface area contributed by atoms with Crippen molar-refractivity contribution in [1.82, 2.24) is 14.7 Å². The number of aromatic nitrogens is 2. The molecule has 0 unspecified atom stereocenters. The van der Waals surface area contributed by atoms with Gasteiger partial charge in [-0.2, -0.15) is 5.10 Å². The minimum absolute atomic E-state index is 0.0753. The van der Waals surface area contributed by atoms with Crippen molar-refractivity contribution in [2.45, 2.75) is 20.0 Å². The van der Waals surface area contributed by atoms with Gasteiger partial charge in [0.1, 0.15) is 0 Å². The Bertz CT molecular complexity index is 749. The fraction of sp³-hybridized carbons (Fsp3) is 0.267. The van der Waals surface area contributed by atoms with Crippen LogP contribution in [0.4, 0.5) is 0 Å². The van der Waals surface area contributed by atoms with E-state index in [1.165, 1.54) is 0 Å². The summed E-state index contributed by atoms with van der Waals surface area (Å²) in [6, 6.07) is 4.99. The summed E-state index contributed by atoms with van der Waals surface area (Å²) in [7, 11) is 1.78. The van der Waals surface area contributed by atoms with Crippen LogP contribution in [-0.4, -0.2) is 31.7 Å². The molecular formula is C15H15N3O3. The highest BCUT2D eigenvalue weighted by atomic mass is 16.4. The number of hydrogen-bond donors (Lipinski definition) is 1. The third-order valence-corrected chi connectivity index (χ3v) is 3.71. The summed E-state index contributed by atoms with van der Waals surface area (Å²) in [6.07, 6.45) is 1.71. The molecule has 1 amide bonds. The molecule has 108 valence electrons. The van der Waals surface area contributed by atoms with Gasteiger partial charge in [0, 0.05) is 26.3 Å². The van der Waals surface area contributed by atoms with Gasteiger partial charge in [0.05, 0.1) is 16.8 Å². The summed E-state index contributed by atoms with van der Waals surface area (Å²) in [6.45, 7) is 2.74. The smallest absolute Gasteiger partial charge is 0.335 e. The van der Waals surface area contributed by atoms with Gasteiger partial charge in [-0.3, -0.25) is 9.48 Å². The van der Waals surface area contributed by atoms with Crippen LogP contribution in [-0.2, 0) is 20.1 Å². The molecule has 0 saturated heterocycles. The van der Waals surface area contributed by atoms with E-state index in [0.717, 1.165) is 11.1 Å². The molecule has 1 aliphatic heterocycles. The molecule has 2 aromatic rings. The first-order valence-electron chi connectivity index (χ1n) is 6.60. The lowest BCUT2D eigenvalue weighted by molar-refractivity contribution is 0.0696. The molecule has 0 radical (unpaired) electrons. The van der Waals surface area contributed by atoms with E-state index in [0.29, 0.717) is 24.3 Å². The van der Waals surface area contributed by atoms with Crippen LogP contribution in [0.15, 0.2) is 24.4 Å². The van der Waals surface area contributed by atoms with E-state index in [2.05, 4.69) is 5.10 Å². The number of hydrogen-bond acceptors (Lipinski definition) is 3. The van der Waals surface area contributed by atoms with Crippen molar-refractivity contribution < 1.29 is 14.7 Å². The number of rotatable bonds is 2. The zero-order valence-electron chi connectivity index (χ0n) is 11.8. The summed E-state index contributed by atoms with van der Waals surface area (Å²) in [5, 5.41) is 13.2. The molecule has 0 fully saturated rings. The lowest BCUT2D eigenvalue weighted by Gasteiger charge is -2.14. The van der Waals surface area contributed by atoms with E-state index in [9.17, 15) is 9.59 Å². The van der Waals surface area contributed by atoms with Crippen molar-refractivity contribution in [3.05, 3.63) is 52.3 Å². The topological polar surface area (TPSA) is 75.4 Å². The van der Waals surface area contributed by atoms with Gasteiger partial charge in [0.15, 0.2) is 0 Å². The van der Waals surface area contributed by atoms with Crippen molar-refractivity contribution >= 4 is 11.9 Å². The Balaban J connectivity index is 1.86. The Kier molecular flexibility index (Phi) is 3.01. The molecule has 3 rings (SSSR count). The third-order valence-electron chi connectivity index (χ3n) is 3.71. The summed E-state index contributed by atoms with van der Waals surface area (Å²) in [5.41, 5.74) is 3.42. The third kappa shape index (κ3) is 2.29. The van der Waals surface area contributed by atoms with E-state index in [4.69, 9.17) is 5.11 Å². The maximum atomic E-state index is 12.5. The van der Waals surface area contributed by atoms with Gasteiger partial charge < -0.3 is 10.0 Å². The van der Waals surface area contributed by atoms with Crippen LogP contribution in [0.25, 0.3) is 0 Å². The first-order valence-corrected chi connectivity index (χ1v) is 6.60. The van der Waals surface area contributed by atoms with Crippen LogP contribution in [0.2, 0.25) is 0 Å². The second-order valence-corrected chi connectivity index (χ2v) is 5.25. The maximum Gasteiger partial charge on any atom is 0.335 e. The van der Waals surface area contributed by atoms with Gasteiger partial charge >= 0.3 is 5.97 Å². The lowest BCUT2D eigenvalue weighted by atomic mass is 10.1. The zero-order valence-corrected chi connectivity index (χ0v) is 11.8. The second kappa shape index (κ2) is 4.73. The molecule has 2 heterocycles. The Hall–Kier alpha value is -2.63. The normalized spacial score (nSPS) is 13.3.